The van der Waals surface area contributed by atoms with Crippen LogP contribution in [0.2, 0.25) is 0 Å². The van der Waals surface area contributed by atoms with Crippen molar-refractivity contribution in [1.82, 2.24) is 5.32 Å². The summed E-state index contributed by atoms with van der Waals surface area (Å²) < 4.78 is 5.35. The summed E-state index contributed by atoms with van der Waals surface area (Å²) in [6, 6.07) is 17.4. The van der Waals surface area contributed by atoms with E-state index >= 15 is 0 Å². The molecular weight excluding hydrogens is 324 g/mol. The Morgan fingerprint density at radius 1 is 1.12 bits per heavy atom. The molecule has 0 saturated heterocycles. The molecule has 2 aromatic carbocycles. The Labute approximate surface area is 149 Å². The second kappa shape index (κ2) is 9.96. The predicted molar refractivity (Wildman–Crippen MR) is 99.7 cm³/mol. The van der Waals surface area contributed by atoms with Crippen molar-refractivity contribution in [3.05, 3.63) is 65.7 Å². The van der Waals surface area contributed by atoms with Gasteiger partial charge >= 0.3 is 0 Å². The van der Waals surface area contributed by atoms with Crippen LogP contribution >= 0.6 is 12.4 Å². The van der Waals surface area contributed by atoms with Crippen molar-refractivity contribution in [2.24, 2.45) is 5.73 Å². The molecule has 24 heavy (non-hydrogen) atoms. The number of para-hydroxylation sites is 1. The van der Waals surface area contributed by atoms with Crippen LogP contribution in [0.25, 0.3) is 0 Å². The van der Waals surface area contributed by atoms with Crippen LogP contribution in [0, 0.1) is 0 Å². The lowest BCUT2D eigenvalue weighted by atomic mass is 9.96. The van der Waals surface area contributed by atoms with Gasteiger partial charge < -0.3 is 15.8 Å². The first-order chi connectivity index (χ1) is 11.1. The number of carbonyl (C=O) groups excluding carboxylic acids is 1. The first kappa shape index (κ1) is 20.0. The third-order valence-electron chi connectivity index (χ3n) is 3.91. The number of ether oxygens (including phenoxy) is 1. The van der Waals surface area contributed by atoms with Crippen LogP contribution in [0.15, 0.2) is 54.6 Å². The molecular formula is C19H25ClN2O2. The molecule has 0 spiro atoms. The van der Waals surface area contributed by atoms with Gasteiger partial charge in [0.1, 0.15) is 5.75 Å². The van der Waals surface area contributed by atoms with Crippen LogP contribution in [0.1, 0.15) is 36.4 Å². The van der Waals surface area contributed by atoms with Crippen LogP contribution in [-0.4, -0.2) is 19.6 Å². The number of halogens is 1. The third-order valence-corrected chi connectivity index (χ3v) is 3.91. The van der Waals surface area contributed by atoms with E-state index in [1.54, 1.807) is 7.11 Å². The minimum atomic E-state index is -0.193. The highest BCUT2D eigenvalue weighted by molar-refractivity contribution is 5.85. The molecule has 3 N–H and O–H groups in total. The molecule has 0 aromatic heterocycles. The van der Waals surface area contributed by atoms with E-state index in [-0.39, 0.29) is 30.3 Å². The molecule has 130 valence electrons. The molecule has 0 aliphatic heterocycles. The molecule has 4 nitrogen and oxygen atoms in total. The van der Waals surface area contributed by atoms with Gasteiger partial charge in [0.05, 0.1) is 7.11 Å². The number of hydrogen-bond donors (Lipinski definition) is 2. The Balaban J connectivity index is 0.00000288. The van der Waals surface area contributed by atoms with E-state index in [9.17, 15) is 4.79 Å². The SMILES string of the molecule is COc1ccccc1C(C)CC(=O)NCC(N)c1ccccc1.Cl. The number of rotatable bonds is 7. The monoisotopic (exact) mass is 348 g/mol. The molecule has 0 saturated carbocycles. The number of amides is 1. The average Bonchev–Trinajstić information content (AvgIpc) is 2.60. The molecule has 5 heteroatoms. The van der Waals surface area contributed by atoms with Gasteiger partial charge in [0.2, 0.25) is 5.91 Å². The number of hydrogen-bond acceptors (Lipinski definition) is 3. The minimum absolute atomic E-state index is 0. The fourth-order valence-electron chi connectivity index (χ4n) is 2.58. The van der Waals surface area contributed by atoms with Crippen LogP contribution in [0.3, 0.4) is 0 Å². The van der Waals surface area contributed by atoms with E-state index in [4.69, 9.17) is 10.5 Å². The van der Waals surface area contributed by atoms with E-state index in [0.29, 0.717) is 13.0 Å². The van der Waals surface area contributed by atoms with E-state index in [1.165, 1.54) is 0 Å². The lowest BCUT2D eigenvalue weighted by Crippen LogP contribution is -2.32. The highest BCUT2D eigenvalue weighted by atomic mass is 35.5. The van der Waals surface area contributed by atoms with Gasteiger partial charge in [-0.15, -0.1) is 12.4 Å². The molecule has 2 unspecified atom stereocenters. The Kier molecular flexibility index (Phi) is 8.30. The molecule has 0 fully saturated rings. The number of methoxy groups -OCH3 is 1. The lowest BCUT2D eigenvalue weighted by Gasteiger charge is -2.17. The van der Waals surface area contributed by atoms with Crippen molar-refractivity contribution in [2.75, 3.05) is 13.7 Å². The van der Waals surface area contributed by atoms with Gasteiger partial charge in [0, 0.05) is 19.0 Å². The molecule has 2 rings (SSSR count). The topological polar surface area (TPSA) is 64.3 Å². The Bertz CT molecular complexity index is 634. The molecule has 0 bridgehead atoms. The number of nitrogens with two attached hydrogens (primary N) is 1. The number of carbonyl (C=O) groups is 1. The van der Waals surface area contributed by atoms with E-state index in [2.05, 4.69) is 5.32 Å². The highest BCUT2D eigenvalue weighted by Gasteiger charge is 2.15. The predicted octanol–water partition coefficient (Wildman–Crippen LogP) is 3.43. The summed E-state index contributed by atoms with van der Waals surface area (Å²) in [5.41, 5.74) is 8.15. The maximum absolute atomic E-state index is 12.2. The van der Waals surface area contributed by atoms with E-state index in [1.807, 2.05) is 61.5 Å². The van der Waals surface area contributed by atoms with Gasteiger partial charge in [-0.25, -0.2) is 0 Å². The fraction of sp³-hybridized carbons (Fsp3) is 0.316. The Morgan fingerprint density at radius 3 is 2.42 bits per heavy atom. The Hall–Kier alpha value is -2.04. The van der Waals surface area contributed by atoms with Gasteiger partial charge in [0.25, 0.3) is 0 Å². The second-order valence-corrected chi connectivity index (χ2v) is 5.67. The fourth-order valence-corrected chi connectivity index (χ4v) is 2.58. The highest BCUT2D eigenvalue weighted by Crippen LogP contribution is 2.28. The number of benzene rings is 2. The van der Waals surface area contributed by atoms with Crippen LogP contribution in [-0.2, 0) is 4.79 Å². The molecule has 1 amide bonds. The summed E-state index contributed by atoms with van der Waals surface area (Å²) in [6.45, 7) is 2.45. The van der Waals surface area contributed by atoms with E-state index < -0.39 is 0 Å². The molecule has 2 atom stereocenters. The summed E-state index contributed by atoms with van der Waals surface area (Å²) >= 11 is 0. The van der Waals surface area contributed by atoms with E-state index in [0.717, 1.165) is 16.9 Å². The maximum Gasteiger partial charge on any atom is 0.220 e. The maximum atomic E-state index is 12.2. The first-order valence-electron chi connectivity index (χ1n) is 7.82. The zero-order valence-electron chi connectivity index (χ0n) is 14.1. The summed E-state index contributed by atoms with van der Waals surface area (Å²) in [4.78, 5) is 12.2. The van der Waals surface area contributed by atoms with Gasteiger partial charge in [-0.05, 0) is 23.1 Å². The molecule has 0 aliphatic carbocycles. The minimum Gasteiger partial charge on any atom is -0.496 e. The molecule has 0 heterocycles. The van der Waals surface area contributed by atoms with Crippen molar-refractivity contribution in [2.45, 2.75) is 25.3 Å². The van der Waals surface area contributed by atoms with Gasteiger partial charge in [-0.1, -0.05) is 55.5 Å². The van der Waals surface area contributed by atoms with Gasteiger partial charge in [-0.3, -0.25) is 4.79 Å². The lowest BCUT2D eigenvalue weighted by molar-refractivity contribution is -0.121. The summed E-state index contributed by atoms with van der Waals surface area (Å²) in [5.74, 6) is 0.891. The van der Waals surface area contributed by atoms with Crippen LogP contribution in [0.4, 0.5) is 0 Å². The van der Waals surface area contributed by atoms with Crippen molar-refractivity contribution in [1.29, 1.82) is 0 Å². The summed E-state index contributed by atoms with van der Waals surface area (Å²) in [5, 5.41) is 2.91. The quantitative estimate of drug-likeness (QED) is 0.805. The standard InChI is InChI=1S/C19H24N2O2.ClH/c1-14(16-10-6-7-11-18(16)23-2)12-19(22)21-13-17(20)15-8-4-3-5-9-15;/h3-11,14,17H,12-13,20H2,1-2H3,(H,21,22);1H. The molecule has 2 aromatic rings. The zero-order chi connectivity index (χ0) is 16.7. The van der Waals surface area contributed by atoms with Crippen LogP contribution < -0.4 is 15.8 Å². The van der Waals surface area contributed by atoms with Crippen molar-refractivity contribution in [3.63, 3.8) is 0 Å². The number of nitrogens with one attached hydrogen (secondary N) is 1. The first-order valence-corrected chi connectivity index (χ1v) is 7.82. The van der Waals surface area contributed by atoms with Gasteiger partial charge in [-0.2, -0.15) is 0 Å². The summed E-state index contributed by atoms with van der Waals surface area (Å²) in [6.07, 6.45) is 0.405. The Morgan fingerprint density at radius 2 is 1.75 bits per heavy atom. The molecule has 0 aliphatic rings. The second-order valence-electron chi connectivity index (χ2n) is 5.67. The smallest absolute Gasteiger partial charge is 0.220 e. The van der Waals surface area contributed by atoms with Crippen molar-refractivity contribution < 1.29 is 9.53 Å². The molecule has 0 radical (unpaired) electrons. The van der Waals surface area contributed by atoms with Crippen molar-refractivity contribution >= 4 is 18.3 Å². The van der Waals surface area contributed by atoms with Gasteiger partial charge in [0.15, 0.2) is 0 Å². The normalized spacial score (nSPS) is 12.6. The zero-order valence-corrected chi connectivity index (χ0v) is 14.9. The average molecular weight is 349 g/mol. The van der Waals surface area contributed by atoms with Crippen molar-refractivity contribution in [3.8, 4) is 5.75 Å². The third kappa shape index (κ3) is 5.55. The summed E-state index contributed by atoms with van der Waals surface area (Å²) in [7, 11) is 1.64. The van der Waals surface area contributed by atoms with Crippen LogP contribution in [0.5, 0.6) is 5.75 Å². The largest absolute Gasteiger partial charge is 0.496 e.